The molecule has 0 unspecified atom stereocenters. The highest BCUT2D eigenvalue weighted by molar-refractivity contribution is 6.15. The normalized spacial score (nSPS) is 12.2. The van der Waals surface area contributed by atoms with E-state index in [2.05, 4.69) is 161 Å². The third-order valence-corrected chi connectivity index (χ3v) is 12.6. The summed E-state index contributed by atoms with van der Waals surface area (Å²) < 4.78 is 17.8. The van der Waals surface area contributed by atoms with Crippen molar-refractivity contribution in [3.8, 4) is 34.4 Å². The molecular formula is C55H31N5O2. The van der Waals surface area contributed by atoms with Gasteiger partial charge < -0.3 is 13.4 Å². The summed E-state index contributed by atoms with van der Waals surface area (Å²) in [5, 5.41) is 11.0. The molecule has 0 saturated heterocycles. The van der Waals surface area contributed by atoms with Crippen LogP contribution in [0.4, 0.5) is 0 Å². The van der Waals surface area contributed by atoms with E-state index in [0.717, 1.165) is 104 Å². The van der Waals surface area contributed by atoms with Gasteiger partial charge in [0, 0.05) is 48.7 Å². The molecule has 0 bridgehead atoms. The minimum atomic E-state index is 0.499. The van der Waals surface area contributed by atoms with Crippen molar-refractivity contribution in [2.45, 2.75) is 0 Å². The average Bonchev–Trinajstić information content (AvgIpc) is 4.08. The first-order valence-corrected chi connectivity index (χ1v) is 20.8. The lowest BCUT2D eigenvalue weighted by Crippen LogP contribution is -2.08. The highest BCUT2D eigenvalue weighted by Crippen LogP contribution is 2.43. The minimum absolute atomic E-state index is 0.499. The molecule has 0 aliphatic carbocycles. The smallest absolute Gasteiger partial charge is 0.238 e. The Hall–Kier alpha value is -8.55. The average molecular weight is 794 g/mol. The maximum Gasteiger partial charge on any atom is 0.238 e. The molecule has 0 spiro atoms. The molecule has 0 amide bonds. The molecule has 62 heavy (non-hydrogen) atoms. The second-order valence-corrected chi connectivity index (χ2v) is 16.0. The van der Waals surface area contributed by atoms with Gasteiger partial charge in [0.1, 0.15) is 22.3 Å². The summed E-state index contributed by atoms with van der Waals surface area (Å²) in [6.45, 7) is 0. The van der Waals surface area contributed by atoms with Crippen LogP contribution in [0.2, 0.25) is 0 Å². The van der Waals surface area contributed by atoms with Gasteiger partial charge in [-0.1, -0.05) is 127 Å². The number of hydrogen-bond donors (Lipinski definition) is 0. The predicted octanol–water partition coefficient (Wildman–Crippen LogP) is 14.4. The largest absolute Gasteiger partial charge is 0.456 e. The van der Waals surface area contributed by atoms with Crippen molar-refractivity contribution in [3.05, 3.63) is 188 Å². The second-order valence-electron chi connectivity index (χ2n) is 16.0. The van der Waals surface area contributed by atoms with Gasteiger partial charge in [-0.2, -0.15) is 9.97 Å². The van der Waals surface area contributed by atoms with Crippen LogP contribution < -0.4 is 0 Å². The van der Waals surface area contributed by atoms with Crippen LogP contribution in [0.3, 0.4) is 0 Å². The summed E-state index contributed by atoms with van der Waals surface area (Å²) in [6, 6.07) is 65.6. The zero-order valence-electron chi connectivity index (χ0n) is 33.0. The standard InChI is InChI=1S/C55H31N5O2/c1-2-15-33-29-47-41(28-32(33)14-1)36-18-5-8-23-44(36)59(47)48-30-42-38-20-7-11-26-49(38)61-51(42)31-43(48)54-56-53(40-22-13-21-39-37-19-6-12-27-50(37)62-52(39)40)57-55(58-54)60-45-24-9-3-16-34(45)35-17-4-10-25-46(35)60/h1-31H. The number of fused-ring (bicyclic) bond motifs is 13. The quantitative estimate of drug-likeness (QED) is 0.177. The molecule has 14 rings (SSSR count). The van der Waals surface area contributed by atoms with E-state index in [0.29, 0.717) is 17.6 Å². The number of rotatable bonds is 4. The zero-order valence-corrected chi connectivity index (χ0v) is 33.0. The van der Waals surface area contributed by atoms with Gasteiger partial charge in [0.25, 0.3) is 0 Å². The summed E-state index contributed by atoms with van der Waals surface area (Å²) in [7, 11) is 0. The topological polar surface area (TPSA) is 74.8 Å². The van der Waals surface area contributed by atoms with Crippen LogP contribution in [0.1, 0.15) is 0 Å². The van der Waals surface area contributed by atoms with Crippen LogP contribution in [0, 0.1) is 0 Å². The molecule has 7 heteroatoms. The molecule has 9 aromatic carbocycles. The first-order valence-electron chi connectivity index (χ1n) is 20.8. The molecule has 0 aliphatic rings. The van der Waals surface area contributed by atoms with Gasteiger partial charge >= 0.3 is 0 Å². The third kappa shape index (κ3) is 4.67. The Kier molecular flexibility index (Phi) is 6.71. The van der Waals surface area contributed by atoms with E-state index < -0.39 is 0 Å². The number of nitrogens with zero attached hydrogens (tertiary/aromatic N) is 5. The van der Waals surface area contributed by atoms with E-state index in [9.17, 15) is 0 Å². The number of aromatic nitrogens is 5. The van der Waals surface area contributed by atoms with Gasteiger partial charge in [-0.25, -0.2) is 4.98 Å². The number of furan rings is 2. The molecule has 5 heterocycles. The summed E-state index contributed by atoms with van der Waals surface area (Å²) in [4.78, 5) is 16.3. The van der Waals surface area contributed by atoms with Crippen molar-refractivity contribution < 1.29 is 8.83 Å². The van der Waals surface area contributed by atoms with Gasteiger partial charge in [0.2, 0.25) is 5.95 Å². The Bertz CT molecular complexity index is 4130. The van der Waals surface area contributed by atoms with E-state index in [1.54, 1.807) is 0 Å². The van der Waals surface area contributed by atoms with Gasteiger partial charge in [0.05, 0.1) is 33.3 Å². The maximum atomic E-state index is 6.64. The van der Waals surface area contributed by atoms with Crippen LogP contribution in [-0.4, -0.2) is 24.1 Å². The van der Waals surface area contributed by atoms with E-state index in [-0.39, 0.29) is 0 Å². The molecule has 288 valence electrons. The molecular weight excluding hydrogens is 763 g/mol. The van der Waals surface area contributed by atoms with Gasteiger partial charge in [-0.3, -0.25) is 4.57 Å². The van der Waals surface area contributed by atoms with Crippen molar-refractivity contribution in [3.63, 3.8) is 0 Å². The number of benzene rings is 9. The van der Waals surface area contributed by atoms with Gasteiger partial charge in [0.15, 0.2) is 11.6 Å². The molecule has 0 atom stereocenters. The lowest BCUT2D eigenvalue weighted by molar-refractivity contribution is 0.668. The van der Waals surface area contributed by atoms with Crippen LogP contribution in [0.5, 0.6) is 0 Å². The monoisotopic (exact) mass is 793 g/mol. The third-order valence-electron chi connectivity index (χ3n) is 12.6. The summed E-state index contributed by atoms with van der Waals surface area (Å²) >= 11 is 0. The van der Waals surface area contributed by atoms with Crippen molar-refractivity contribution in [2.24, 2.45) is 0 Å². The Labute approximate surface area is 352 Å². The zero-order chi connectivity index (χ0) is 40.5. The van der Waals surface area contributed by atoms with Crippen molar-refractivity contribution in [1.29, 1.82) is 0 Å². The Morgan fingerprint density at radius 3 is 1.56 bits per heavy atom. The van der Waals surface area contributed by atoms with E-state index in [4.69, 9.17) is 23.8 Å². The van der Waals surface area contributed by atoms with Crippen LogP contribution in [0.15, 0.2) is 197 Å². The molecule has 7 nitrogen and oxygen atoms in total. The Morgan fingerprint density at radius 2 is 0.855 bits per heavy atom. The van der Waals surface area contributed by atoms with Crippen molar-refractivity contribution in [2.75, 3.05) is 0 Å². The van der Waals surface area contributed by atoms with Gasteiger partial charge in [-0.15, -0.1) is 0 Å². The Morgan fingerprint density at radius 1 is 0.323 bits per heavy atom. The van der Waals surface area contributed by atoms with Gasteiger partial charge in [-0.05, 0) is 71.4 Å². The van der Waals surface area contributed by atoms with Crippen LogP contribution in [-0.2, 0) is 0 Å². The lowest BCUT2D eigenvalue weighted by atomic mass is 10.1. The van der Waals surface area contributed by atoms with E-state index in [1.807, 2.05) is 36.4 Å². The van der Waals surface area contributed by atoms with E-state index in [1.165, 1.54) is 10.8 Å². The summed E-state index contributed by atoms with van der Waals surface area (Å²) in [6.07, 6.45) is 0. The highest BCUT2D eigenvalue weighted by Gasteiger charge is 2.25. The Balaban J connectivity index is 1.14. The number of para-hydroxylation sites is 6. The summed E-state index contributed by atoms with van der Waals surface area (Å²) in [5.74, 6) is 1.50. The summed E-state index contributed by atoms with van der Waals surface area (Å²) in [5.41, 5.74) is 9.77. The molecule has 0 fully saturated rings. The fourth-order valence-electron chi connectivity index (χ4n) is 9.81. The maximum absolute atomic E-state index is 6.64. The van der Waals surface area contributed by atoms with Crippen molar-refractivity contribution >= 4 is 98.3 Å². The first kappa shape index (κ1) is 33.3. The molecule has 14 aromatic rings. The van der Waals surface area contributed by atoms with Crippen LogP contribution in [0.25, 0.3) is 133 Å². The minimum Gasteiger partial charge on any atom is -0.456 e. The lowest BCUT2D eigenvalue weighted by Gasteiger charge is -2.16. The van der Waals surface area contributed by atoms with Crippen LogP contribution >= 0.6 is 0 Å². The number of hydrogen-bond acceptors (Lipinski definition) is 5. The molecule has 0 N–H and O–H groups in total. The second kappa shape index (κ2) is 12.5. The fourth-order valence-corrected chi connectivity index (χ4v) is 9.81. The molecule has 0 saturated carbocycles. The fraction of sp³-hybridized carbons (Fsp3) is 0. The molecule has 0 radical (unpaired) electrons. The first-order chi connectivity index (χ1) is 30.7. The SMILES string of the molecule is c1ccc2cc3c(cc2c1)c1ccccc1n3-c1cc2c(cc1-c1nc(-c3cccc4c3oc3ccccc34)nc(-n3c4ccccc4c4ccccc43)n1)oc1ccccc12. The molecule has 0 aliphatic heterocycles. The predicted molar refractivity (Wildman–Crippen MR) is 251 cm³/mol. The highest BCUT2D eigenvalue weighted by atomic mass is 16.3. The van der Waals surface area contributed by atoms with Crippen molar-refractivity contribution in [1.82, 2.24) is 24.1 Å². The van der Waals surface area contributed by atoms with E-state index >= 15 is 0 Å². The molecule has 5 aromatic heterocycles.